The molecule has 1 saturated heterocycles. The standard InChI is InChI=1S/C12H14BrFN2O.ClH/c13-9-4-1-5-10(14)11(9)12(17)16-8-3-2-6-15-7-8;/h1,4-5,8,15H,2-3,6-7H2,(H,16,17);1H/t8-;/m1./s1. The summed E-state index contributed by atoms with van der Waals surface area (Å²) in [4.78, 5) is 11.9. The largest absolute Gasteiger partial charge is 0.348 e. The number of carbonyl (C=O) groups excluding carboxylic acids is 1. The molecule has 0 radical (unpaired) electrons. The highest BCUT2D eigenvalue weighted by atomic mass is 79.9. The third-order valence-corrected chi connectivity index (χ3v) is 3.48. The molecule has 1 aliphatic heterocycles. The predicted molar refractivity (Wildman–Crippen MR) is 74.7 cm³/mol. The van der Waals surface area contributed by atoms with Gasteiger partial charge in [-0.1, -0.05) is 6.07 Å². The zero-order valence-corrected chi connectivity index (χ0v) is 12.1. The lowest BCUT2D eigenvalue weighted by atomic mass is 10.1. The predicted octanol–water partition coefficient (Wildman–Crippen LogP) is 2.49. The van der Waals surface area contributed by atoms with Gasteiger partial charge in [0.1, 0.15) is 5.82 Å². The summed E-state index contributed by atoms with van der Waals surface area (Å²) in [5.41, 5.74) is 0.0815. The fraction of sp³-hybridized carbons (Fsp3) is 0.417. The molecule has 3 nitrogen and oxygen atoms in total. The average Bonchev–Trinajstić information content (AvgIpc) is 2.30. The van der Waals surface area contributed by atoms with E-state index in [9.17, 15) is 9.18 Å². The van der Waals surface area contributed by atoms with Crippen LogP contribution in [0.3, 0.4) is 0 Å². The van der Waals surface area contributed by atoms with Crippen molar-refractivity contribution in [1.82, 2.24) is 10.6 Å². The molecular formula is C12H15BrClFN2O. The lowest BCUT2D eigenvalue weighted by Gasteiger charge is -2.24. The Morgan fingerprint density at radius 3 is 2.89 bits per heavy atom. The molecular weight excluding hydrogens is 322 g/mol. The summed E-state index contributed by atoms with van der Waals surface area (Å²) in [5, 5.41) is 6.05. The van der Waals surface area contributed by atoms with Gasteiger partial charge in [-0.15, -0.1) is 12.4 Å². The monoisotopic (exact) mass is 336 g/mol. The number of halogens is 3. The summed E-state index contributed by atoms with van der Waals surface area (Å²) >= 11 is 3.20. The van der Waals surface area contributed by atoms with Gasteiger partial charge >= 0.3 is 0 Å². The maximum atomic E-state index is 13.5. The van der Waals surface area contributed by atoms with E-state index in [1.165, 1.54) is 6.07 Å². The van der Waals surface area contributed by atoms with Crippen molar-refractivity contribution in [2.75, 3.05) is 13.1 Å². The van der Waals surface area contributed by atoms with E-state index < -0.39 is 5.82 Å². The number of piperidine rings is 1. The number of benzene rings is 1. The van der Waals surface area contributed by atoms with Crippen molar-refractivity contribution in [2.45, 2.75) is 18.9 Å². The molecule has 18 heavy (non-hydrogen) atoms. The van der Waals surface area contributed by atoms with Crippen molar-refractivity contribution in [2.24, 2.45) is 0 Å². The number of hydrogen-bond acceptors (Lipinski definition) is 2. The Balaban J connectivity index is 0.00000162. The Hall–Kier alpha value is -0.650. The van der Waals surface area contributed by atoms with E-state index in [1.54, 1.807) is 12.1 Å². The summed E-state index contributed by atoms with van der Waals surface area (Å²) < 4.78 is 14.0. The molecule has 0 saturated carbocycles. The van der Waals surface area contributed by atoms with Crippen molar-refractivity contribution in [3.8, 4) is 0 Å². The van der Waals surface area contributed by atoms with Gasteiger partial charge in [0.05, 0.1) is 5.56 Å². The maximum Gasteiger partial charge on any atom is 0.255 e. The number of carbonyl (C=O) groups is 1. The summed E-state index contributed by atoms with van der Waals surface area (Å²) in [6.45, 7) is 1.73. The van der Waals surface area contributed by atoms with Gasteiger partial charge in [0.2, 0.25) is 0 Å². The highest BCUT2D eigenvalue weighted by Gasteiger charge is 2.20. The zero-order valence-electron chi connectivity index (χ0n) is 9.71. The van der Waals surface area contributed by atoms with E-state index in [1.807, 2.05) is 0 Å². The Bertz CT molecular complexity index is 404. The molecule has 1 amide bonds. The third-order valence-electron chi connectivity index (χ3n) is 2.82. The van der Waals surface area contributed by atoms with Gasteiger partial charge in [0, 0.05) is 17.1 Å². The fourth-order valence-electron chi connectivity index (χ4n) is 1.95. The molecule has 2 rings (SSSR count). The van der Waals surface area contributed by atoms with Crippen LogP contribution in [-0.2, 0) is 0 Å². The van der Waals surface area contributed by atoms with E-state index in [0.717, 1.165) is 25.9 Å². The van der Waals surface area contributed by atoms with Crippen LogP contribution in [0.2, 0.25) is 0 Å². The lowest BCUT2D eigenvalue weighted by Crippen LogP contribution is -2.45. The van der Waals surface area contributed by atoms with Crippen LogP contribution in [0.25, 0.3) is 0 Å². The van der Waals surface area contributed by atoms with Crippen LogP contribution in [0, 0.1) is 5.82 Å². The lowest BCUT2D eigenvalue weighted by molar-refractivity contribution is 0.0926. The molecule has 100 valence electrons. The van der Waals surface area contributed by atoms with E-state index in [2.05, 4.69) is 26.6 Å². The fourth-order valence-corrected chi connectivity index (χ4v) is 2.47. The second-order valence-corrected chi connectivity index (χ2v) is 4.97. The number of hydrogen-bond donors (Lipinski definition) is 2. The quantitative estimate of drug-likeness (QED) is 0.870. The van der Waals surface area contributed by atoms with Gasteiger partial charge in [0.25, 0.3) is 5.91 Å². The van der Waals surface area contributed by atoms with Gasteiger partial charge in [0.15, 0.2) is 0 Å². The maximum absolute atomic E-state index is 13.5. The van der Waals surface area contributed by atoms with Crippen LogP contribution >= 0.6 is 28.3 Å². The molecule has 2 N–H and O–H groups in total. The molecule has 0 bridgehead atoms. The molecule has 0 aromatic heterocycles. The molecule has 0 spiro atoms. The second kappa shape index (κ2) is 7.07. The van der Waals surface area contributed by atoms with Crippen molar-refractivity contribution in [3.05, 3.63) is 34.1 Å². The Kier molecular flexibility index (Phi) is 6.05. The van der Waals surface area contributed by atoms with Crippen LogP contribution < -0.4 is 10.6 Å². The van der Waals surface area contributed by atoms with Gasteiger partial charge in [-0.2, -0.15) is 0 Å². The SMILES string of the molecule is Cl.O=C(N[C@@H]1CCCNC1)c1c(F)cccc1Br. The number of amides is 1. The Morgan fingerprint density at radius 1 is 1.50 bits per heavy atom. The summed E-state index contributed by atoms with van der Waals surface area (Å²) in [7, 11) is 0. The third kappa shape index (κ3) is 3.67. The van der Waals surface area contributed by atoms with Gasteiger partial charge in [-0.05, 0) is 47.4 Å². The normalized spacial score (nSPS) is 18.9. The molecule has 1 heterocycles. The Labute approximate surface area is 120 Å². The molecule has 1 aliphatic rings. The van der Waals surface area contributed by atoms with E-state index in [0.29, 0.717) is 4.47 Å². The average molecular weight is 338 g/mol. The molecule has 0 aliphatic carbocycles. The van der Waals surface area contributed by atoms with Crippen LogP contribution in [0.5, 0.6) is 0 Å². The first-order chi connectivity index (χ1) is 8.18. The van der Waals surface area contributed by atoms with Gasteiger partial charge < -0.3 is 10.6 Å². The molecule has 6 heteroatoms. The van der Waals surface area contributed by atoms with Crippen molar-refractivity contribution in [3.63, 3.8) is 0 Å². The van der Waals surface area contributed by atoms with E-state index >= 15 is 0 Å². The molecule has 1 aromatic carbocycles. The minimum Gasteiger partial charge on any atom is -0.348 e. The first kappa shape index (κ1) is 15.4. The molecule has 1 fully saturated rings. The zero-order chi connectivity index (χ0) is 12.3. The van der Waals surface area contributed by atoms with Gasteiger partial charge in [-0.3, -0.25) is 4.79 Å². The van der Waals surface area contributed by atoms with Crippen molar-refractivity contribution < 1.29 is 9.18 Å². The Morgan fingerprint density at radius 2 is 2.28 bits per heavy atom. The molecule has 0 unspecified atom stereocenters. The van der Waals surface area contributed by atoms with E-state index in [4.69, 9.17) is 0 Å². The summed E-state index contributed by atoms with van der Waals surface area (Å²) in [5.74, 6) is -0.857. The summed E-state index contributed by atoms with van der Waals surface area (Å²) in [6, 6.07) is 4.61. The van der Waals surface area contributed by atoms with Crippen molar-refractivity contribution >= 4 is 34.2 Å². The highest BCUT2D eigenvalue weighted by molar-refractivity contribution is 9.10. The van der Waals surface area contributed by atoms with Crippen LogP contribution in [0.15, 0.2) is 22.7 Å². The first-order valence-electron chi connectivity index (χ1n) is 5.64. The second-order valence-electron chi connectivity index (χ2n) is 4.11. The minimum atomic E-state index is -0.499. The van der Waals surface area contributed by atoms with Crippen LogP contribution in [-0.4, -0.2) is 25.0 Å². The van der Waals surface area contributed by atoms with Crippen LogP contribution in [0.4, 0.5) is 4.39 Å². The smallest absolute Gasteiger partial charge is 0.255 e. The highest BCUT2D eigenvalue weighted by Crippen LogP contribution is 2.19. The van der Waals surface area contributed by atoms with Crippen molar-refractivity contribution in [1.29, 1.82) is 0 Å². The summed E-state index contributed by atoms with van der Waals surface area (Å²) in [6.07, 6.45) is 1.97. The minimum absolute atomic E-state index is 0. The first-order valence-corrected chi connectivity index (χ1v) is 6.43. The van der Waals surface area contributed by atoms with E-state index in [-0.39, 0.29) is 29.9 Å². The molecule has 1 aromatic rings. The molecule has 1 atom stereocenters. The topological polar surface area (TPSA) is 41.1 Å². The van der Waals surface area contributed by atoms with Gasteiger partial charge in [-0.25, -0.2) is 4.39 Å². The number of rotatable bonds is 2. The number of nitrogens with one attached hydrogen (secondary N) is 2. The van der Waals surface area contributed by atoms with Crippen LogP contribution in [0.1, 0.15) is 23.2 Å².